The van der Waals surface area contributed by atoms with Gasteiger partial charge >= 0.3 is 0 Å². The molecule has 0 saturated heterocycles. The van der Waals surface area contributed by atoms with Crippen LogP contribution in [0.25, 0.3) is 0 Å². The number of nitrogens with one attached hydrogen (secondary N) is 1. The topological polar surface area (TPSA) is 75.3 Å². The quantitative estimate of drug-likeness (QED) is 0.750. The van der Waals surface area contributed by atoms with Gasteiger partial charge in [-0.3, -0.25) is 4.79 Å². The molecule has 0 saturated carbocycles. The number of phenols is 1. The molecule has 0 unspecified atom stereocenters. The van der Waals surface area contributed by atoms with Gasteiger partial charge in [-0.15, -0.1) is 0 Å². The van der Waals surface area contributed by atoms with Crippen LogP contribution in [-0.4, -0.2) is 11.0 Å². The summed E-state index contributed by atoms with van der Waals surface area (Å²) in [7, 11) is 0. The first-order valence-electron chi connectivity index (χ1n) is 6.50. The predicted molar refractivity (Wildman–Crippen MR) is 81.0 cm³/mol. The molecule has 4 heteroatoms. The fraction of sp³-hybridized carbons (Fsp3) is 0.188. The second-order valence-corrected chi connectivity index (χ2v) is 4.72. The number of nitrogen functional groups attached to an aromatic ring is 1. The average Bonchev–Trinajstić information content (AvgIpc) is 2.42. The minimum atomic E-state index is -0.225. The molecule has 0 aliphatic carbocycles. The number of rotatable bonds is 3. The number of aromatic hydroxyl groups is 1. The summed E-state index contributed by atoms with van der Waals surface area (Å²) in [6.07, 6.45) is 0.858. The van der Waals surface area contributed by atoms with Crippen LogP contribution in [0.15, 0.2) is 36.4 Å². The van der Waals surface area contributed by atoms with Crippen LogP contribution in [0.3, 0.4) is 0 Å². The molecule has 0 heterocycles. The molecule has 20 heavy (non-hydrogen) atoms. The zero-order chi connectivity index (χ0) is 14.7. The van der Waals surface area contributed by atoms with Crippen LogP contribution < -0.4 is 11.1 Å². The van der Waals surface area contributed by atoms with Gasteiger partial charge in [0.1, 0.15) is 5.75 Å². The molecule has 2 aromatic carbocycles. The monoisotopic (exact) mass is 270 g/mol. The zero-order valence-corrected chi connectivity index (χ0v) is 11.6. The van der Waals surface area contributed by atoms with E-state index in [2.05, 4.69) is 5.32 Å². The van der Waals surface area contributed by atoms with Crippen molar-refractivity contribution >= 4 is 17.3 Å². The van der Waals surface area contributed by atoms with E-state index in [4.69, 9.17) is 5.73 Å². The Hall–Kier alpha value is -2.49. The molecular formula is C16H18N2O2. The molecule has 0 aliphatic heterocycles. The number of carbonyl (C=O) groups is 1. The Labute approximate surface area is 118 Å². The Bertz CT molecular complexity index is 651. The van der Waals surface area contributed by atoms with E-state index in [0.29, 0.717) is 22.5 Å². The number of amides is 1. The molecule has 0 atom stereocenters. The summed E-state index contributed by atoms with van der Waals surface area (Å²) in [5, 5.41) is 12.3. The van der Waals surface area contributed by atoms with E-state index in [1.165, 1.54) is 6.07 Å². The van der Waals surface area contributed by atoms with Gasteiger partial charge in [-0.2, -0.15) is 0 Å². The summed E-state index contributed by atoms with van der Waals surface area (Å²) in [6.45, 7) is 3.78. The van der Waals surface area contributed by atoms with E-state index in [-0.39, 0.29) is 11.7 Å². The summed E-state index contributed by atoms with van der Waals surface area (Å²) in [5.74, 6) is -0.0464. The van der Waals surface area contributed by atoms with Crippen LogP contribution in [0.2, 0.25) is 0 Å². The molecule has 2 rings (SSSR count). The molecule has 1 amide bonds. The highest BCUT2D eigenvalue weighted by Crippen LogP contribution is 2.21. The van der Waals surface area contributed by atoms with Gasteiger partial charge in [-0.1, -0.05) is 13.0 Å². The summed E-state index contributed by atoms with van der Waals surface area (Å²) in [5.41, 5.74) is 9.46. The fourth-order valence-electron chi connectivity index (χ4n) is 1.99. The van der Waals surface area contributed by atoms with E-state index in [0.717, 1.165) is 12.0 Å². The van der Waals surface area contributed by atoms with Crippen molar-refractivity contribution in [3.8, 4) is 5.75 Å². The van der Waals surface area contributed by atoms with Crippen molar-refractivity contribution in [2.24, 2.45) is 0 Å². The van der Waals surface area contributed by atoms with Crippen molar-refractivity contribution in [3.05, 3.63) is 53.1 Å². The lowest BCUT2D eigenvalue weighted by atomic mass is 10.1. The minimum Gasteiger partial charge on any atom is -0.508 e. The van der Waals surface area contributed by atoms with E-state index in [1.807, 2.05) is 19.1 Å². The Morgan fingerprint density at radius 1 is 1.25 bits per heavy atom. The maximum Gasteiger partial charge on any atom is 0.255 e. The van der Waals surface area contributed by atoms with Crippen molar-refractivity contribution in [2.45, 2.75) is 20.3 Å². The first kappa shape index (κ1) is 13.9. The van der Waals surface area contributed by atoms with Gasteiger partial charge in [-0.25, -0.2) is 0 Å². The lowest BCUT2D eigenvalue weighted by Crippen LogP contribution is -2.12. The van der Waals surface area contributed by atoms with Crippen LogP contribution in [0.1, 0.15) is 28.4 Å². The molecular weight excluding hydrogens is 252 g/mol. The molecule has 4 N–H and O–H groups in total. The van der Waals surface area contributed by atoms with Gasteiger partial charge in [-0.05, 0) is 54.8 Å². The SMILES string of the molecule is CCc1ccc(NC(=O)c2ccc(O)c(C)c2)cc1N. The van der Waals surface area contributed by atoms with Gasteiger partial charge in [0, 0.05) is 16.9 Å². The molecule has 2 aromatic rings. The highest BCUT2D eigenvalue weighted by Gasteiger charge is 2.08. The maximum absolute atomic E-state index is 12.1. The van der Waals surface area contributed by atoms with Crippen LogP contribution >= 0.6 is 0 Å². The number of carbonyl (C=O) groups excluding carboxylic acids is 1. The van der Waals surface area contributed by atoms with Gasteiger partial charge in [0.15, 0.2) is 0 Å². The molecule has 0 fully saturated rings. The normalized spacial score (nSPS) is 10.3. The lowest BCUT2D eigenvalue weighted by molar-refractivity contribution is 0.102. The van der Waals surface area contributed by atoms with Gasteiger partial charge in [0.2, 0.25) is 0 Å². The van der Waals surface area contributed by atoms with Gasteiger partial charge in [0.05, 0.1) is 0 Å². The van der Waals surface area contributed by atoms with Gasteiger partial charge in [0.25, 0.3) is 5.91 Å². The summed E-state index contributed by atoms with van der Waals surface area (Å²) in [6, 6.07) is 10.2. The van der Waals surface area contributed by atoms with Crippen LogP contribution in [-0.2, 0) is 6.42 Å². The second-order valence-electron chi connectivity index (χ2n) is 4.72. The standard InChI is InChI=1S/C16H18N2O2/c1-3-11-4-6-13(9-14(11)17)18-16(20)12-5-7-15(19)10(2)8-12/h4-9,19H,3,17H2,1-2H3,(H,18,20). The van der Waals surface area contributed by atoms with Crippen molar-refractivity contribution in [2.75, 3.05) is 11.1 Å². The number of phenolic OH excluding ortho intramolecular Hbond substituents is 1. The molecule has 4 nitrogen and oxygen atoms in total. The van der Waals surface area contributed by atoms with Crippen LogP contribution in [0.5, 0.6) is 5.75 Å². The van der Waals surface area contributed by atoms with E-state index < -0.39 is 0 Å². The van der Waals surface area contributed by atoms with Crippen molar-refractivity contribution in [1.29, 1.82) is 0 Å². The third-order valence-corrected chi connectivity index (χ3v) is 3.24. The van der Waals surface area contributed by atoms with E-state index in [1.54, 1.807) is 25.1 Å². The molecule has 0 spiro atoms. The fourth-order valence-corrected chi connectivity index (χ4v) is 1.99. The number of hydrogen-bond acceptors (Lipinski definition) is 3. The number of aryl methyl sites for hydroxylation is 2. The second kappa shape index (κ2) is 5.65. The molecule has 0 aromatic heterocycles. The van der Waals surface area contributed by atoms with Crippen molar-refractivity contribution in [1.82, 2.24) is 0 Å². The Kier molecular flexibility index (Phi) is 3.94. The Balaban J connectivity index is 2.19. The molecule has 0 radical (unpaired) electrons. The Morgan fingerprint density at radius 3 is 2.60 bits per heavy atom. The number of nitrogens with two attached hydrogens (primary N) is 1. The maximum atomic E-state index is 12.1. The van der Waals surface area contributed by atoms with Crippen LogP contribution in [0.4, 0.5) is 11.4 Å². The van der Waals surface area contributed by atoms with Gasteiger partial charge < -0.3 is 16.2 Å². The van der Waals surface area contributed by atoms with Crippen LogP contribution in [0, 0.1) is 6.92 Å². The largest absolute Gasteiger partial charge is 0.508 e. The molecule has 0 aliphatic rings. The lowest BCUT2D eigenvalue weighted by Gasteiger charge is -2.09. The molecule has 0 bridgehead atoms. The predicted octanol–water partition coefficient (Wildman–Crippen LogP) is 3.10. The first-order valence-corrected chi connectivity index (χ1v) is 6.50. The van der Waals surface area contributed by atoms with Crippen molar-refractivity contribution < 1.29 is 9.90 Å². The van der Waals surface area contributed by atoms with Crippen molar-refractivity contribution in [3.63, 3.8) is 0 Å². The third kappa shape index (κ3) is 2.91. The highest BCUT2D eigenvalue weighted by atomic mass is 16.3. The summed E-state index contributed by atoms with van der Waals surface area (Å²) in [4.78, 5) is 12.1. The smallest absolute Gasteiger partial charge is 0.255 e. The van der Waals surface area contributed by atoms with E-state index >= 15 is 0 Å². The number of benzene rings is 2. The highest BCUT2D eigenvalue weighted by molar-refractivity contribution is 6.04. The zero-order valence-electron chi connectivity index (χ0n) is 11.6. The first-order chi connectivity index (χ1) is 9.51. The number of hydrogen-bond donors (Lipinski definition) is 3. The summed E-state index contributed by atoms with van der Waals surface area (Å²) < 4.78 is 0. The molecule has 104 valence electrons. The minimum absolute atomic E-state index is 0.179. The average molecular weight is 270 g/mol. The number of anilines is 2. The third-order valence-electron chi connectivity index (χ3n) is 3.24. The Morgan fingerprint density at radius 2 is 2.00 bits per heavy atom. The summed E-state index contributed by atoms with van der Waals surface area (Å²) >= 11 is 0. The van der Waals surface area contributed by atoms with E-state index in [9.17, 15) is 9.90 Å².